The lowest BCUT2D eigenvalue weighted by Crippen LogP contribution is -2.53. The van der Waals surface area contributed by atoms with Crippen molar-refractivity contribution in [2.75, 3.05) is 20.7 Å². The van der Waals surface area contributed by atoms with Crippen molar-refractivity contribution < 1.29 is 14.6 Å². The summed E-state index contributed by atoms with van der Waals surface area (Å²) in [6.45, 7) is 0.938. The van der Waals surface area contributed by atoms with Crippen molar-refractivity contribution >= 4 is 11.9 Å². The maximum Gasteiger partial charge on any atom is 0.161 e. The fourth-order valence-electron chi connectivity index (χ4n) is 4.53. The minimum atomic E-state index is -0.176. The third-order valence-electron chi connectivity index (χ3n) is 6.14. The quantitative estimate of drug-likeness (QED) is 0.843. The van der Waals surface area contributed by atoms with E-state index in [1.165, 1.54) is 0 Å². The van der Waals surface area contributed by atoms with Gasteiger partial charge in [0.1, 0.15) is 11.5 Å². The lowest BCUT2D eigenvalue weighted by Gasteiger charge is -2.50. The number of benzene rings is 2. The standard InChI is InChI=1S/C23H25NO3/c1-24-11-10-23(17-4-3-5-18(25)13-17)14-21(24)20(22(26)15-23)12-16-6-8-19(27-2)9-7-16/h3-9,12-13,21,25H,10-11,14-15H2,1-2H3/b20-12+. The Kier molecular flexibility index (Phi) is 4.52. The highest BCUT2D eigenvalue weighted by atomic mass is 16.5. The Balaban J connectivity index is 1.69. The molecule has 2 aromatic carbocycles. The van der Waals surface area contributed by atoms with Gasteiger partial charge in [0.15, 0.2) is 5.78 Å². The average molecular weight is 363 g/mol. The number of phenolic OH excluding ortho intramolecular Hbond substituents is 1. The summed E-state index contributed by atoms with van der Waals surface area (Å²) >= 11 is 0. The number of hydrogen-bond donors (Lipinski definition) is 1. The van der Waals surface area contributed by atoms with Crippen molar-refractivity contribution in [2.45, 2.75) is 30.7 Å². The summed E-state index contributed by atoms with van der Waals surface area (Å²) in [6.07, 6.45) is 4.37. The molecular formula is C23H25NO3. The van der Waals surface area contributed by atoms with Crippen LogP contribution in [0.15, 0.2) is 54.1 Å². The number of nitrogens with zero attached hydrogens (tertiary/aromatic N) is 1. The lowest BCUT2D eigenvalue weighted by atomic mass is 9.61. The highest BCUT2D eigenvalue weighted by Crippen LogP contribution is 2.47. The number of rotatable bonds is 3. The molecule has 2 aliphatic rings. The van der Waals surface area contributed by atoms with Crippen molar-refractivity contribution in [3.63, 3.8) is 0 Å². The van der Waals surface area contributed by atoms with Gasteiger partial charge in [0.25, 0.3) is 0 Å². The van der Waals surface area contributed by atoms with Crippen LogP contribution in [-0.4, -0.2) is 42.5 Å². The van der Waals surface area contributed by atoms with E-state index in [4.69, 9.17) is 4.74 Å². The van der Waals surface area contributed by atoms with E-state index in [1.54, 1.807) is 13.2 Å². The van der Waals surface area contributed by atoms with Gasteiger partial charge in [0.2, 0.25) is 0 Å². The molecule has 2 atom stereocenters. The summed E-state index contributed by atoms with van der Waals surface area (Å²) in [5, 5.41) is 9.93. The van der Waals surface area contributed by atoms with Gasteiger partial charge in [-0.25, -0.2) is 0 Å². The normalized spacial score (nSPS) is 27.0. The highest BCUT2D eigenvalue weighted by molar-refractivity contribution is 6.02. The Morgan fingerprint density at radius 2 is 2.00 bits per heavy atom. The Bertz CT molecular complexity index is 887. The van der Waals surface area contributed by atoms with Gasteiger partial charge in [-0.1, -0.05) is 24.3 Å². The summed E-state index contributed by atoms with van der Waals surface area (Å²) in [7, 11) is 3.74. The molecule has 2 bridgehead atoms. The van der Waals surface area contributed by atoms with Crippen LogP contribution in [0.3, 0.4) is 0 Å². The van der Waals surface area contributed by atoms with Crippen molar-refractivity contribution in [3.8, 4) is 11.5 Å². The summed E-state index contributed by atoms with van der Waals surface area (Å²) in [5.74, 6) is 1.28. The number of ketones is 1. The first-order valence-electron chi connectivity index (χ1n) is 9.39. The minimum Gasteiger partial charge on any atom is -0.508 e. The van der Waals surface area contributed by atoms with Gasteiger partial charge in [0, 0.05) is 23.5 Å². The fraction of sp³-hybridized carbons (Fsp3) is 0.348. The first kappa shape index (κ1) is 17.8. The summed E-state index contributed by atoms with van der Waals surface area (Å²) < 4.78 is 5.22. The summed E-state index contributed by atoms with van der Waals surface area (Å²) in [4.78, 5) is 15.4. The first-order chi connectivity index (χ1) is 13.0. The predicted molar refractivity (Wildman–Crippen MR) is 106 cm³/mol. The van der Waals surface area contributed by atoms with Crippen LogP contribution in [0.1, 0.15) is 30.4 Å². The third-order valence-corrected chi connectivity index (χ3v) is 6.14. The maximum atomic E-state index is 13.2. The van der Waals surface area contributed by atoms with Crippen molar-refractivity contribution in [2.24, 2.45) is 0 Å². The number of phenols is 1. The zero-order valence-corrected chi connectivity index (χ0v) is 15.8. The molecule has 2 aromatic rings. The van der Waals surface area contributed by atoms with E-state index in [9.17, 15) is 9.90 Å². The Morgan fingerprint density at radius 1 is 1.22 bits per heavy atom. The van der Waals surface area contributed by atoms with Crippen molar-refractivity contribution in [3.05, 3.63) is 65.2 Å². The highest BCUT2D eigenvalue weighted by Gasteiger charge is 2.48. The predicted octanol–water partition coefficient (Wildman–Crippen LogP) is 3.79. The number of Topliss-reactive ketones (excluding diaryl/α,β-unsaturated/α-hetero) is 1. The van der Waals surface area contributed by atoms with E-state index in [2.05, 4.69) is 11.9 Å². The van der Waals surface area contributed by atoms with Gasteiger partial charge >= 0.3 is 0 Å². The monoisotopic (exact) mass is 363 g/mol. The van der Waals surface area contributed by atoms with Crippen LogP contribution in [0.2, 0.25) is 0 Å². The van der Waals surface area contributed by atoms with Crippen LogP contribution in [0.4, 0.5) is 0 Å². The molecule has 0 amide bonds. The van der Waals surface area contributed by atoms with Gasteiger partial charge in [-0.2, -0.15) is 0 Å². The molecule has 1 saturated carbocycles. The van der Waals surface area contributed by atoms with Crippen molar-refractivity contribution in [1.29, 1.82) is 0 Å². The molecule has 140 valence electrons. The SMILES string of the molecule is COc1ccc(/C=C2/C(=O)CC3(c4cccc(O)c4)CCN(C)C2C3)cc1. The zero-order chi connectivity index (χ0) is 19.0. The van der Waals surface area contributed by atoms with E-state index in [0.29, 0.717) is 6.42 Å². The van der Waals surface area contributed by atoms with Crippen LogP contribution >= 0.6 is 0 Å². The number of piperidine rings is 1. The average Bonchev–Trinajstić information content (AvgIpc) is 2.68. The molecule has 0 spiro atoms. The number of aromatic hydroxyl groups is 1. The van der Waals surface area contributed by atoms with E-state index < -0.39 is 0 Å². The van der Waals surface area contributed by atoms with Crippen LogP contribution < -0.4 is 4.74 Å². The van der Waals surface area contributed by atoms with Gasteiger partial charge in [-0.15, -0.1) is 0 Å². The smallest absolute Gasteiger partial charge is 0.161 e. The number of ether oxygens (including phenoxy) is 1. The van der Waals surface area contributed by atoms with Gasteiger partial charge < -0.3 is 9.84 Å². The Morgan fingerprint density at radius 3 is 2.70 bits per heavy atom. The molecule has 0 aromatic heterocycles. The van der Waals surface area contributed by atoms with E-state index in [-0.39, 0.29) is 23.0 Å². The Labute approximate surface area is 160 Å². The molecule has 4 rings (SSSR count). The second-order valence-electron chi connectivity index (χ2n) is 7.75. The number of fused-ring (bicyclic) bond motifs is 2. The number of likely N-dealkylation sites (N-methyl/N-ethyl adjacent to an activating group) is 1. The number of likely N-dealkylation sites (tertiary alicyclic amines) is 1. The van der Waals surface area contributed by atoms with Gasteiger partial charge in [-0.3, -0.25) is 9.69 Å². The Hall–Kier alpha value is -2.59. The molecule has 4 heteroatoms. The van der Waals surface area contributed by atoms with Gasteiger partial charge in [-0.05, 0) is 67.9 Å². The molecule has 1 aliphatic heterocycles. The topological polar surface area (TPSA) is 49.8 Å². The molecule has 1 aliphatic carbocycles. The number of carbonyl (C=O) groups is 1. The van der Waals surface area contributed by atoms with E-state index >= 15 is 0 Å². The van der Waals surface area contributed by atoms with Crippen LogP contribution in [-0.2, 0) is 10.2 Å². The summed E-state index contributed by atoms with van der Waals surface area (Å²) in [5.41, 5.74) is 2.81. The molecular weight excluding hydrogens is 338 g/mol. The summed E-state index contributed by atoms with van der Waals surface area (Å²) in [6, 6.07) is 15.3. The molecule has 4 nitrogen and oxygen atoms in total. The van der Waals surface area contributed by atoms with Gasteiger partial charge in [0.05, 0.1) is 7.11 Å². The number of hydrogen-bond acceptors (Lipinski definition) is 4. The third kappa shape index (κ3) is 3.26. The zero-order valence-electron chi connectivity index (χ0n) is 15.8. The van der Waals surface area contributed by atoms with Crippen LogP contribution in [0.25, 0.3) is 6.08 Å². The molecule has 2 fully saturated rings. The van der Waals surface area contributed by atoms with Crippen LogP contribution in [0.5, 0.6) is 11.5 Å². The number of methoxy groups -OCH3 is 1. The fourth-order valence-corrected chi connectivity index (χ4v) is 4.53. The molecule has 1 heterocycles. The molecule has 2 unspecified atom stereocenters. The number of carbonyl (C=O) groups excluding carboxylic acids is 1. The second kappa shape index (κ2) is 6.86. The van der Waals surface area contributed by atoms with E-state index in [1.807, 2.05) is 48.5 Å². The first-order valence-corrected chi connectivity index (χ1v) is 9.39. The van der Waals surface area contributed by atoms with Crippen LogP contribution in [0, 0.1) is 0 Å². The van der Waals surface area contributed by atoms with E-state index in [0.717, 1.165) is 41.8 Å². The largest absolute Gasteiger partial charge is 0.508 e. The molecule has 1 N–H and O–H groups in total. The molecule has 1 saturated heterocycles. The lowest BCUT2D eigenvalue weighted by molar-refractivity contribution is -0.120. The molecule has 27 heavy (non-hydrogen) atoms. The molecule has 0 radical (unpaired) electrons. The minimum absolute atomic E-state index is 0.101. The van der Waals surface area contributed by atoms with Crippen molar-refractivity contribution in [1.82, 2.24) is 4.90 Å². The second-order valence-corrected chi connectivity index (χ2v) is 7.75. The maximum absolute atomic E-state index is 13.2.